The fourth-order valence-electron chi connectivity index (χ4n) is 10.3. The topological polar surface area (TPSA) is 88.5 Å². The van der Waals surface area contributed by atoms with Crippen LogP contribution < -0.4 is 10.2 Å². The first kappa shape index (κ1) is 41.7. The molecule has 6 heterocycles. The monoisotopic (exact) mass is 915 g/mol. The molecule has 3 aromatic heterocycles. The van der Waals surface area contributed by atoms with E-state index < -0.39 is 0 Å². The van der Waals surface area contributed by atoms with Gasteiger partial charge in [-0.25, -0.2) is 19.9 Å². The van der Waals surface area contributed by atoms with Crippen LogP contribution in [0, 0.1) is 0 Å². The molecule has 0 spiro atoms. The van der Waals surface area contributed by atoms with Crippen LogP contribution in [-0.4, -0.2) is 43.1 Å². The van der Waals surface area contributed by atoms with E-state index >= 15 is 0 Å². The van der Waals surface area contributed by atoms with Crippen LogP contribution in [-0.2, 0) is 6.42 Å². The molecular weight excluding hydrogens is 871 g/mol. The molecule has 0 saturated carbocycles. The van der Waals surface area contributed by atoms with Crippen molar-refractivity contribution in [1.82, 2.24) is 29.4 Å². The lowest BCUT2D eigenvalue weighted by Gasteiger charge is -2.31. The van der Waals surface area contributed by atoms with Gasteiger partial charge in [0.05, 0.1) is 40.7 Å². The summed E-state index contributed by atoms with van der Waals surface area (Å²) in [6, 6.07) is 68.2. The van der Waals surface area contributed by atoms with Crippen molar-refractivity contribution < 1.29 is 0 Å². The molecule has 3 aliphatic heterocycles. The zero-order valence-electron chi connectivity index (χ0n) is 38.6. The minimum atomic E-state index is -0.368. The number of nitrogens with zero attached hydrogens (tertiary/aromatic N) is 8. The van der Waals surface area contributed by atoms with Crippen molar-refractivity contribution in [3.8, 4) is 67.5 Å². The van der Waals surface area contributed by atoms with E-state index in [9.17, 15) is 0 Å². The van der Waals surface area contributed by atoms with Crippen molar-refractivity contribution in [2.24, 2.45) is 9.98 Å². The molecular formula is C62H45N9. The number of para-hydroxylation sites is 3. The summed E-state index contributed by atoms with van der Waals surface area (Å²) in [5, 5.41) is 4.01. The Labute approximate surface area is 411 Å². The third-order valence-corrected chi connectivity index (χ3v) is 13.4. The van der Waals surface area contributed by atoms with Gasteiger partial charge in [-0.15, -0.1) is 0 Å². The highest BCUT2D eigenvalue weighted by Gasteiger charge is 2.36. The number of rotatable bonds is 9. The number of fused-ring (bicyclic) bond motifs is 2. The Bertz CT molecular complexity index is 3800. The van der Waals surface area contributed by atoms with Crippen LogP contribution in [0.2, 0.25) is 0 Å². The molecule has 1 atom stereocenters. The zero-order valence-corrected chi connectivity index (χ0v) is 38.6. The molecule has 9 nitrogen and oxygen atoms in total. The summed E-state index contributed by atoms with van der Waals surface area (Å²) in [6.45, 7) is 0.498. The molecule has 71 heavy (non-hydrogen) atoms. The lowest BCUT2D eigenvalue weighted by molar-refractivity contribution is 0.648. The van der Waals surface area contributed by atoms with Gasteiger partial charge in [0.1, 0.15) is 23.3 Å². The number of hydrogen-bond donors (Lipinski definition) is 1. The minimum Gasteiger partial charge on any atom is -0.360 e. The van der Waals surface area contributed by atoms with Gasteiger partial charge in [-0.2, -0.15) is 0 Å². The number of benzene rings is 7. The number of pyridine rings is 1. The van der Waals surface area contributed by atoms with Crippen molar-refractivity contribution in [3.05, 3.63) is 247 Å². The number of imidazole rings is 2. The average Bonchev–Trinajstić information content (AvgIpc) is 3.99. The van der Waals surface area contributed by atoms with E-state index in [1.54, 1.807) is 0 Å². The largest absolute Gasteiger partial charge is 0.360 e. The van der Waals surface area contributed by atoms with Crippen LogP contribution in [0.15, 0.2) is 246 Å². The third kappa shape index (κ3) is 7.48. The number of nitrogens with one attached hydrogen (secondary N) is 1. The second kappa shape index (κ2) is 17.9. The molecule has 0 aliphatic carbocycles. The Hall–Kier alpha value is -9.47. The molecule has 9 heteroatoms. The Morgan fingerprint density at radius 3 is 1.75 bits per heavy atom. The van der Waals surface area contributed by atoms with Gasteiger partial charge in [0.15, 0.2) is 11.5 Å². The first-order valence-electron chi connectivity index (χ1n) is 23.9. The smallest absolute Gasteiger partial charge is 0.164 e. The molecule has 338 valence electrons. The molecule has 0 radical (unpaired) electrons. The summed E-state index contributed by atoms with van der Waals surface area (Å²) in [4.78, 5) is 28.5. The van der Waals surface area contributed by atoms with Gasteiger partial charge in [-0.05, 0) is 89.0 Å². The molecule has 7 aromatic carbocycles. The summed E-state index contributed by atoms with van der Waals surface area (Å²) >= 11 is 0. The Balaban J connectivity index is 1.10. The molecule has 0 bridgehead atoms. The molecule has 10 aromatic rings. The minimum absolute atomic E-state index is 0.368. The van der Waals surface area contributed by atoms with Gasteiger partial charge in [-0.1, -0.05) is 152 Å². The molecule has 1 unspecified atom stereocenters. The highest BCUT2D eigenvalue weighted by atomic mass is 15.3. The quantitative estimate of drug-likeness (QED) is 0.156. The predicted octanol–water partition coefficient (Wildman–Crippen LogP) is 13.7. The molecule has 1 N–H and O–H groups in total. The molecule has 0 amide bonds. The van der Waals surface area contributed by atoms with Crippen LogP contribution in [0.3, 0.4) is 0 Å². The van der Waals surface area contributed by atoms with Gasteiger partial charge in [0.2, 0.25) is 0 Å². The van der Waals surface area contributed by atoms with E-state index in [0.29, 0.717) is 13.0 Å². The number of anilines is 1. The lowest BCUT2D eigenvalue weighted by atomic mass is 9.98. The van der Waals surface area contributed by atoms with E-state index in [1.807, 2.05) is 42.9 Å². The maximum absolute atomic E-state index is 5.57. The number of aromatic nitrogens is 5. The van der Waals surface area contributed by atoms with E-state index in [1.165, 1.54) is 0 Å². The third-order valence-electron chi connectivity index (χ3n) is 13.4. The first-order valence-corrected chi connectivity index (χ1v) is 23.9. The SMILES string of the molecule is C1=CCc2nc(-c3cc(-c4nc5cccnc5n4-c4ccccc4-c4ccccc4)cc(C4NC5=C(CN=CC=C5)N4c4ccccc4-c4ccccc4)c3)n(-c3ccccc3-c3ccccc3)c2N=C1. The van der Waals surface area contributed by atoms with Crippen molar-refractivity contribution in [2.45, 2.75) is 12.6 Å². The molecule has 13 rings (SSSR count). The summed E-state index contributed by atoms with van der Waals surface area (Å²) < 4.78 is 4.46. The fourth-order valence-corrected chi connectivity index (χ4v) is 10.3. The van der Waals surface area contributed by atoms with E-state index in [2.05, 4.69) is 213 Å². The van der Waals surface area contributed by atoms with Crippen molar-refractivity contribution in [2.75, 3.05) is 11.4 Å². The van der Waals surface area contributed by atoms with Crippen molar-refractivity contribution >= 4 is 35.1 Å². The fraction of sp³-hybridized carbons (Fsp3) is 0.0484. The maximum atomic E-state index is 5.57. The van der Waals surface area contributed by atoms with Gasteiger partial charge in [-0.3, -0.25) is 14.1 Å². The Kier molecular flexibility index (Phi) is 10.5. The van der Waals surface area contributed by atoms with Crippen LogP contribution in [0.5, 0.6) is 0 Å². The average molecular weight is 916 g/mol. The number of allylic oxidation sites excluding steroid dienone is 4. The zero-order chi connectivity index (χ0) is 47.1. The summed E-state index contributed by atoms with van der Waals surface area (Å²) in [5.74, 6) is 2.32. The Morgan fingerprint density at radius 2 is 1.08 bits per heavy atom. The van der Waals surface area contributed by atoms with E-state index in [0.717, 1.165) is 113 Å². The standard InChI is InChI=1S/C62H45N9/c1-4-20-42(21-5-1)48-26-10-13-32-54(48)69-57-41-63-35-18-30-51(57)66-58(69)45-38-46(59-67-52-29-16-17-36-64-61(52)70(59)55-33-14-11-27-49(55)43-22-6-2-7-23-43)40-47(39-45)60-68-53-31-19-37-65-62(53)71(60)56-34-15-12-28-50(56)44-24-8-3-9-25-44/h1-28,30-40,58,66H,29,41H2. The summed E-state index contributed by atoms with van der Waals surface area (Å²) in [7, 11) is 0. The molecule has 3 aliphatic rings. The summed E-state index contributed by atoms with van der Waals surface area (Å²) in [5.41, 5.74) is 17.0. The van der Waals surface area contributed by atoms with Crippen molar-refractivity contribution in [3.63, 3.8) is 0 Å². The van der Waals surface area contributed by atoms with Crippen LogP contribution in [0.4, 0.5) is 11.5 Å². The van der Waals surface area contributed by atoms with Crippen molar-refractivity contribution in [1.29, 1.82) is 0 Å². The second-order valence-electron chi connectivity index (χ2n) is 17.7. The Morgan fingerprint density at radius 1 is 0.507 bits per heavy atom. The highest BCUT2D eigenvalue weighted by molar-refractivity contribution is 5.88. The second-order valence-corrected chi connectivity index (χ2v) is 17.7. The highest BCUT2D eigenvalue weighted by Crippen LogP contribution is 2.45. The van der Waals surface area contributed by atoms with Gasteiger partial charge < -0.3 is 10.2 Å². The maximum Gasteiger partial charge on any atom is 0.164 e. The summed E-state index contributed by atoms with van der Waals surface area (Å²) in [6.07, 6.45) is 14.1. The molecule has 0 fully saturated rings. The molecule has 0 saturated heterocycles. The van der Waals surface area contributed by atoms with Gasteiger partial charge >= 0.3 is 0 Å². The van der Waals surface area contributed by atoms with Crippen LogP contribution in [0.25, 0.3) is 78.7 Å². The van der Waals surface area contributed by atoms with Gasteiger partial charge in [0.25, 0.3) is 0 Å². The first-order chi connectivity index (χ1) is 35.2. The predicted molar refractivity (Wildman–Crippen MR) is 288 cm³/mol. The van der Waals surface area contributed by atoms with Crippen LogP contribution >= 0.6 is 0 Å². The lowest BCUT2D eigenvalue weighted by Crippen LogP contribution is -2.30. The number of hydrogen-bond acceptors (Lipinski definition) is 7. The van der Waals surface area contributed by atoms with E-state index in [4.69, 9.17) is 24.9 Å². The number of aliphatic imine (C=N–C) groups is 2. The van der Waals surface area contributed by atoms with E-state index in [-0.39, 0.29) is 6.17 Å². The van der Waals surface area contributed by atoms with Gasteiger partial charge in [0, 0.05) is 52.9 Å². The normalized spacial score (nSPS) is 14.9. The van der Waals surface area contributed by atoms with Crippen LogP contribution in [0.1, 0.15) is 17.4 Å².